The van der Waals surface area contributed by atoms with Crippen LogP contribution in [0.25, 0.3) is 0 Å². The quantitative estimate of drug-likeness (QED) is 0.702. The summed E-state index contributed by atoms with van der Waals surface area (Å²) in [7, 11) is 0. The molecule has 1 aromatic carbocycles. The highest BCUT2D eigenvalue weighted by Gasteiger charge is 2.34. The van der Waals surface area contributed by atoms with Gasteiger partial charge in [0.1, 0.15) is 0 Å². The third kappa shape index (κ3) is 5.82. The summed E-state index contributed by atoms with van der Waals surface area (Å²) in [5.74, 6) is 0.849. The Bertz CT molecular complexity index is 504. The first-order chi connectivity index (χ1) is 12.0. The van der Waals surface area contributed by atoms with Gasteiger partial charge in [-0.15, -0.1) is 0 Å². The molecular weight excluding hydrogens is 304 g/mol. The molecule has 2 heteroatoms. The molecule has 2 aliphatic rings. The first kappa shape index (κ1) is 18.9. The normalized spacial score (nSPS) is 27.5. The first-order valence-electron chi connectivity index (χ1n) is 10.5. The van der Waals surface area contributed by atoms with E-state index in [-0.39, 0.29) is 0 Å². The molecule has 1 saturated heterocycles. The lowest BCUT2D eigenvalue weighted by atomic mass is 9.70. The van der Waals surface area contributed by atoms with Crippen molar-refractivity contribution in [2.45, 2.75) is 71.9 Å². The molecule has 0 aromatic heterocycles. The summed E-state index contributed by atoms with van der Waals surface area (Å²) in [6.45, 7) is 13.6. The zero-order chi connectivity index (χ0) is 17.7. The average Bonchev–Trinajstić information content (AvgIpc) is 2.58. The lowest BCUT2D eigenvalue weighted by molar-refractivity contribution is 0.0529. The highest BCUT2D eigenvalue weighted by atomic mass is 15.2. The predicted molar refractivity (Wildman–Crippen MR) is 108 cm³/mol. The van der Waals surface area contributed by atoms with Crippen LogP contribution in [-0.4, -0.2) is 42.0 Å². The minimum Gasteiger partial charge on any atom is -0.302 e. The Kier molecular flexibility index (Phi) is 6.57. The van der Waals surface area contributed by atoms with Crippen molar-refractivity contribution in [3.63, 3.8) is 0 Å². The molecule has 0 N–H and O–H groups in total. The molecule has 1 saturated carbocycles. The van der Waals surface area contributed by atoms with Gasteiger partial charge in [0.2, 0.25) is 0 Å². The van der Waals surface area contributed by atoms with E-state index in [4.69, 9.17) is 0 Å². The Morgan fingerprint density at radius 1 is 1.04 bits per heavy atom. The number of piperidine rings is 1. The molecule has 0 radical (unpaired) electrons. The number of nitrogens with zero attached hydrogens (tertiary/aromatic N) is 2. The van der Waals surface area contributed by atoms with Crippen molar-refractivity contribution in [1.29, 1.82) is 0 Å². The molecule has 0 bridgehead atoms. The fourth-order valence-corrected chi connectivity index (χ4v) is 5.24. The standard InChI is InChI=1S/C23H38N2/c1-20-16-22(18-23(2,3)17-20)25(19-21-10-6-4-7-11-21)15-14-24-12-8-5-9-13-24/h4,6-7,10-11,20,22H,5,8-9,12-19H2,1-3H3. The molecule has 140 valence electrons. The van der Waals surface area contributed by atoms with E-state index in [0.29, 0.717) is 5.41 Å². The van der Waals surface area contributed by atoms with Crippen molar-refractivity contribution in [2.24, 2.45) is 11.3 Å². The maximum absolute atomic E-state index is 2.81. The maximum Gasteiger partial charge on any atom is 0.0237 e. The molecule has 0 spiro atoms. The van der Waals surface area contributed by atoms with Crippen LogP contribution in [0.15, 0.2) is 30.3 Å². The van der Waals surface area contributed by atoms with E-state index < -0.39 is 0 Å². The van der Waals surface area contributed by atoms with E-state index in [0.717, 1.165) is 18.5 Å². The highest BCUT2D eigenvalue weighted by molar-refractivity contribution is 5.14. The van der Waals surface area contributed by atoms with Crippen LogP contribution in [-0.2, 0) is 6.54 Å². The van der Waals surface area contributed by atoms with Gasteiger partial charge in [0.25, 0.3) is 0 Å². The van der Waals surface area contributed by atoms with Crippen molar-refractivity contribution in [2.75, 3.05) is 26.2 Å². The summed E-state index contributed by atoms with van der Waals surface area (Å²) in [6.07, 6.45) is 8.33. The molecule has 1 aliphatic carbocycles. The molecule has 2 nitrogen and oxygen atoms in total. The zero-order valence-electron chi connectivity index (χ0n) is 16.7. The van der Waals surface area contributed by atoms with Crippen LogP contribution >= 0.6 is 0 Å². The molecule has 1 aromatic rings. The minimum atomic E-state index is 0.488. The second-order valence-electron chi connectivity index (χ2n) is 9.43. The zero-order valence-corrected chi connectivity index (χ0v) is 16.7. The summed E-state index contributed by atoms with van der Waals surface area (Å²) >= 11 is 0. The predicted octanol–water partition coefficient (Wildman–Crippen LogP) is 5.19. The summed E-state index contributed by atoms with van der Waals surface area (Å²) in [5.41, 5.74) is 1.96. The highest BCUT2D eigenvalue weighted by Crippen LogP contribution is 2.40. The smallest absolute Gasteiger partial charge is 0.0237 e. The minimum absolute atomic E-state index is 0.488. The molecule has 0 amide bonds. The third-order valence-electron chi connectivity index (χ3n) is 6.26. The van der Waals surface area contributed by atoms with E-state index in [9.17, 15) is 0 Å². The fraction of sp³-hybridized carbons (Fsp3) is 0.739. The van der Waals surface area contributed by atoms with Gasteiger partial charge in [0.05, 0.1) is 0 Å². The van der Waals surface area contributed by atoms with E-state index in [1.807, 2.05) is 0 Å². The summed E-state index contributed by atoms with van der Waals surface area (Å²) in [4.78, 5) is 5.50. The number of benzene rings is 1. The summed E-state index contributed by atoms with van der Waals surface area (Å²) < 4.78 is 0. The van der Waals surface area contributed by atoms with Gasteiger partial charge in [0, 0.05) is 25.7 Å². The molecule has 2 unspecified atom stereocenters. The van der Waals surface area contributed by atoms with Gasteiger partial charge in [-0.05, 0) is 62.1 Å². The molecule has 3 rings (SSSR count). The van der Waals surface area contributed by atoms with Gasteiger partial charge in [0.15, 0.2) is 0 Å². The third-order valence-corrected chi connectivity index (χ3v) is 6.26. The molecule has 2 fully saturated rings. The number of rotatable bonds is 6. The Labute approximate surface area is 155 Å². The van der Waals surface area contributed by atoms with Crippen molar-refractivity contribution in [1.82, 2.24) is 9.80 Å². The SMILES string of the molecule is CC1CC(N(CCN2CCCCC2)Cc2ccccc2)CC(C)(C)C1. The maximum atomic E-state index is 2.81. The van der Waals surface area contributed by atoms with Crippen LogP contribution < -0.4 is 0 Å². The van der Waals surface area contributed by atoms with Gasteiger partial charge in [-0.2, -0.15) is 0 Å². The Balaban J connectivity index is 1.66. The number of hydrogen-bond donors (Lipinski definition) is 0. The first-order valence-corrected chi connectivity index (χ1v) is 10.5. The topological polar surface area (TPSA) is 6.48 Å². The molecule has 1 aliphatic heterocycles. The Morgan fingerprint density at radius 3 is 2.44 bits per heavy atom. The van der Waals surface area contributed by atoms with E-state index in [1.54, 1.807) is 0 Å². The lowest BCUT2D eigenvalue weighted by Gasteiger charge is -2.44. The molecule has 25 heavy (non-hydrogen) atoms. The van der Waals surface area contributed by atoms with Crippen molar-refractivity contribution >= 4 is 0 Å². The number of hydrogen-bond acceptors (Lipinski definition) is 2. The van der Waals surface area contributed by atoms with Crippen LogP contribution in [0.5, 0.6) is 0 Å². The van der Waals surface area contributed by atoms with Gasteiger partial charge >= 0.3 is 0 Å². The molecule has 1 heterocycles. The van der Waals surface area contributed by atoms with Crippen LogP contribution in [0, 0.1) is 11.3 Å². The fourth-order valence-electron chi connectivity index (χ4n) is 5.24. The molecular formula is C23H38N2. The second kappa shape index (κ2) is 8.68. The van der Waals surface area contributed by atoms with Gasteiger partial charge < -0.3 is 4.90 Å². The summed E-state index contributed by atoms with van der Waals surface area (Å²) in [6, 6.07) is 11.8. The van der Waals surface area contributed by atoms with Crippen LogP contribution in [0.4, 0.5) is 0 Å². The Morgan fingerprint density at radius 2 is 1.76 bits per heavy atom. The number of likely N-dealkylation sites (tertiary alicyclic amines) is 1. The van der Waals surface area contributed by atoms with E-state index in [1.165, 1.54) is 70.3 Å². The second-order valence-corrected chi connectivity index (χ2v) is 9.43. The van der Waals surface area contributed by atoms with Gasteiger partial charge in [-0.25, -0.2) is 0 Å². The summed E-state index contributed by atoms with van der Waals surface area (Å²) in [5, 5.41) is 0. The largest absolute Gasteiger partial charge is 0.302 e. The van der Waals surface area contributed by atoms with Crippen molar-refractivity contribution in [3.05, 3.63) is 35.9 Å². The Hall–Kier alpha value is -0.860. The van der Waals surface area contributed by atoms with Crippen LogP contribution in [0.3, 0.4) is 0 Å². The van der Waals surface area contributed by atoms with Gasteiger partial charge in [-0.1, -0.05) is 57.5 Å². The monoisotopic (exact) mass is 342 g/mol. The van der Waals surface area contributed by atoms with Crippen LogP contribution in [0.1, 0.15) is 64.9 Å². The average molecular weight is 343 g/mol. The van der Waals surface area contributed by atoms with Gasteiger partial charge in [-0.3, -0.25) is 4.90 Å². The lowest BCUT2D eigenvalue weighted by Crippen LogP contribution is -2.46. The van der Waals surface area contributed by atoms with E-state index in [2.05, 4.69) is 60.9 Å². The van der Waals surface area contributed by atoms with Crippen molar-refractivity contribution < 1.29 is 0 Å². The molecule has 2 atom stereocenters. The van der Waals surface area contributed by atoms with E-state index >= 15 is 0 Å². The van der Waals surface area contributed by atoms with Crippen molar-refractivity contribution in [3.8, 4) is 0 Å². The van der Waals surface area contributed by atoms with Crippen LogP contribution in [0.2, 0.25) is 0 Å².